The molecule has 2 aliphatic rings. The fourth-order valence-electron chi connectivity index (χ4n) is 2.92. The standard InChI is InChI=1S/C15H20N2O3/c18-11-12-2-1-7-16(10-12)13-3-5-14(6-4-13)17-8-9-20-15(17)19/h3-6,12,18H,1-2,7-11H2. The summed E-state index contributed by atoms with van der Waals surface area (Å²) in [6.45, 7) is 3.27. The Morgan fingerprint density at radius 2 is 1.95 bits per heavy atom. The fourth-order valence-corrected chi connectivity index (χ4v) is 2.92. The lowest BCUT2D eigenvalue weighted by molar-refractivity contribution is 0.181. The van der Waals surface area contributed by atoms with Gasteiger partial charge in [-0.15, -0.1) is 0 Å². The van der Waals surface area contributed by atoms with E-state index in [1.54, 1.807) is 4.90 Å². The molecule has 1 unspecified atom stereocenters. The van der Waals surface area contributed by atoms with E-state index < -0.39 is 0 Å². The number of ether oxygens (including phenoxy) is 1. The number of rotatable bonds is 3. The zero-order chi connectivity index (χ0) is 13.9. The summed E-state index contributed by atoms with van der Waals surface area (Å²) in [7, 11) is 0. The van der Waals surface area contributed by atoms with Gasteiger partial charge < -0.3 is 14.7 Å². The van der Waals surface area contributed by atoms with Crippen molar-refractivity contribution >= 4 is 17.5 Å². The SMILES string of the molecule is O=C1OCCN1c1ccc(N2CCCC(CO)C2)cc1. The zero-order valence-corrected chi connectivity index (χ0v) is 11.5. The Labute approximate surface area is 118 Å². The van der Waals surface area contributed by atoms with Gasteiger partial charge in [0, 0.05) is 31.1 Å². The van der Waals surface area contributed by atoms with E-state index in [0.717, 1.165) is 37.3 Å². The number of benzene rings is 1. The first kappa shape index (κ1) is 13.2. The van der Waals surface area contributed by atoms with E-state index in [1.165, 1.54) is 0 Å². The lowest BCUT2D eigenvalue weighted by atomic mass is 9.98. The maximum Gasteiger partial charge on any atom is 0.414 e. The third-order valence-electron chi connectivity index (χ3n) is 4.06. The quantitative estimate of drug-likeness (QED) is 0.915. The number of nitrogens with zero attached hydrogens (tertiary/aromatic N) is 2. The number of aliphatic hydroxyl groups excluding tert-OH is 1. The fraction of sp³-hybridized carbons (Fsp3) is 0.533. The molecule has 0 bridgehead atoms. The molecule has 5 heteroatoms. The number of carbonyl (C=O) groups is 1. The lowest BCUT2D eigenvalue weighted by Gasteiger charge is -2.33. The van der Waals surface area contributed by atoms with E-state index in [4.69, 9.17) is 4.74 Å². The summed E-state index contributed by atoms with van der Waals surface area (Å²) in [6, 6.07) is 8.01. The highest BCUT2D eigenvalue weighted by Crippen LogP contribution is 2.26. The number of carbonyl (C=O) groups excluding carboxylic acids is 1. The molecule has 0 spiro atoms. The van der Waals surface area contributed by atoms with Gasteiger partial charge in [-0.05, 0) is 43.0 Å². The van der Waals surface area contributed by atoms with Crippen molar-refractivity contribution in [3.05, 3.63) is 24.3 Å². The van der Waals surface area contributed by atoms with E-state index >= 15 is 0 Å². The van der Waals surface area contributed by atoms with Crippen molar-refractivity contribution in [1.82, 2.24) is 0 Å². The maximum absolute atomic E-state index is 11.5. The van der Waals surface area contributed by atoms with Crippen LogP contribution < -0.4 is 9.80 Å². The molecule has 2 saturated heterocycles. The topological polar surface area (TPSA) is 53.0 Å². The van der Waals surface area contributed by atoms with Crippen molar-refractivity contribution in [3.8, 4) is 0 Å². The summed E-state index contributed by atoms with van der Waals surface area (Å²) in [5, 5.41) is 9.29. The van der Waals surface area contributed by atoms with Gasteiger partial charge in [0.2, 0.25) is 0 Å². The lowest BCUT2D eigenvalue weighted by Crippen LogP contribution is -2.36. The molecule has 0 radical (unpaired) electrons. The van der Waals surface area contributed by atoms with Crippen molar-refractivity contribution < 1.29 is 14.6 Å². The molecule has 1 aromatic rings. The predicted octanol–water partition coefficient (Wildman–Crippen LogP) is 1.85. The number of piperidine rings is 1. The average molecular weight is 276 g/mol. The van der Waals surface area contributed by atoms with Crippen LogP contribution in [0.5, 0.6) is 0 Å². The van der Waals surface area contributed by atoms with Gasteiger partial charge in [0.05, 0.1) is 6.54 Å². The van der Waals surface area contributed by atoms with Gasteiger partial charge in [0.25, 0.3) is 0 Å². The Balaban J connectivity index is 1.71. The highest BCUT2D eigenvalue weighted by atomic mass is 16.6. The molecule has 2 aliphatic heterocycles. The van der Waals surface area contributed by atoms with Crippen molar-refractivity contribution in [2.75, 3.05) is 42.6 Å². The maximum atomic E-state index is 11.5. The Morgan fingerprint density at radius 3 is 2.60 bits per heavy atom. The average Bonchev–Trinajstić information content (AvgIpc) is 2.94. The van der Waals surface area contributed by atoms with Gasteiger partial charge in [-0.25, -0.2) is 4.79 Å². The first-order valence-corrected chi connectivity index (χ1v) is 7.18. The second kappa shape index (κ2) is 5.71. The van der Waals surface area contributed by atoms with E-state index in [9.17, 15) is 9.90 Å². The number of hydrogen-bond acceptors (Lipinski definition) is 4. The molecule has 0 aromatic heterocycles. The third-order valence-corrected chi connectivity index (χ3v) is 4.06. The summed E-state index contributed by atoms with van der Waals surface area (Å²) in [5.41, 5.74) is 2.03. The number of aliphatic hydroxyl groups is 1. The Kier molecular flexibility index (Phi) is 3.78. The minimum absolute atomic E-state index is 0.258. The van der Waals surface area contributed by atoms with Gasteiger partial charge in [-0.2, -0.15) is 0 Å². The van der Waals surface area contributed by atoms with Crippen LogP contribution in [0, 0.1) is 5.92 Å². The Morgan fingerprint density at radius 1 is 1.20 bits per heavy atom. The summed E-state index contributed by atoms with van der Waals surface area (Å²) in [5.74, 6) is 0.372. The van der Waals surface area contributed by atoms with Crippen molar-refractivity contribution in [3.63, 3.8) is 0 Å². The molecule has 1 amide bonds. The Hall–Kier alpha value is -1.75. The van der Waals surface area contributed by atoms with Crippen LogP contribution in [0.4, 0.5) is 16.2 Å². The zero-order valence-electron chi connectivity index (χ0n) is 11.5. The molecule has 1 atom stereocenters. The first-order chi connectivity index (χ1) is 9.78. The monoisotopic (exact) mass is 276 g/mol. The molecule has 108 valence electrons. The molecular weight excluding hydrogens is 256 g/mol. The molecule has 2 fully saturated rings. The summed E-state index contributed by atoms with van der Waals surface area (Å²) in [6.07, 6.45) is 1.95. The molecular formula is C15H20N2O3. The second-order valence-electron chi connectivity index (χ2n) is 5.42. The molecule has 20 heavy (non-hydrogen) atoms. The molecule has 5 nitrogen and oxygen atoms in total. The molecule has 0 saturated carbocycles. The summed E-state index contributed by atoms with van der Waals surface area (Å²) in [4.78, 5) is 15.5. The van der Waals surface area contributed by atoms with Crippen LogP contribution in [0.15, 0.2) is 24.3 Å². The van der Waals surface area contributed by atoms with Crippen molar-refractivity contribution in [1.29, 1.82) is 0 Å². The number of cyclic esters (lactones) is 1. The van der Waals surface area contributed by atoms with Gasteiger partial charge in [0.1, 0.15) is 6.61 Å². The van der Waals surface area contributed by atoms with Crippen LogP contribution in [-0.2, 0) is 4.74 Å². The highest BCUT2D eigenvalue weighted by molar-refractivity contribution is 5.89. The Bertz CT molecular complexity index is 475. The molecule has 3 rings (SSSR count). The van der Waals surface area contributed by atoms with Crippen LogP contribution in [0.1, 0.15) is 12.8 Å². The summed E-state index contributed by atoms with van der Waals surface area (Å²) >= 11 is 0. The highest BCUT2D eigenvalue weighted by Gasteiger charge is 2.24. The van der Waals surface area contributed by atoms with Crippen molar-refractivity contribution in [2.45, 2.75) is 12.8 Å². The second-order valence-corrected chi connectivity index (χ2v) is 5.42. The van der Waals surface area contributed by atoms with Gasteiger partial charge >= 0.3 is 6.09 Å². The largest absolute Gasteiger partial charge is 0.447 e. The minimum atomic E-state index is -0.268. The van der Waals surface area contributed by atoms with Crippen LogP contribution in [0.25, 0.3) is 0 Å². The minimum Gasteiger partial charge on any atom is -0.447 e. The van der Waals surface area contributed by atoms with Gasteiger partial charge in [-0.3, -0.25) is 4.90 Å². The van der Waals surface area contributed by atoms with Crippen LogP contribution in [0.3, 0.4) is 0 Å². The molecule has 1 N–H and O–H groups in total. The molecule has 2 heterocycles. The predicted molar refractivity (Wildman–Crippen MR) is 77.2 cm³/mol. The summed E-state index contributed by atoms with van der Waals surface area (Å²) < 4.78 is 4.94. The van der Waals surface area contributed by atoms with E-state index in [-0.39, 0.29) is 12.7 Å². The van der Waals surface area contributed by atoms with Crippen LogP contribution >= 0.6 is 0 Å². The van der Waals surface area contributed by atoms with Crippen LogP contribution in [0.2, 0.25) is 0 Å². The smallest absolute Gasteiger partial charge is 0.414 e. The third kappa shape index (κ3) is 2.58. The van der Waals surface area contributed by atoms with E-state index in [2.05, 4.69) is 4.90 Å². The number of hydrogen-bond donors (Lipinski definition) is 1. The molecule has 0 aliphatic carbocycles. The van der Waals surface area contributed by atoms with Crippen LogP contribution in [-0.4, -0.2) is 44.0 Å². The van der Waals surface area contributed by atoms with Gasteiger partial charge in [-0.1, -0.05) is 0 Å². The number of amides is 1. The first-order valence-electron chi connectivity index (χ1n) is 7.18. The number of anilines is 2. The van der Waals surface area contributed by atoms with E-state index in [0.29, 0.717) is 19.1 Å². The normalized spacial score (nSPS) is 23.1. The van der Waals surface area contributed by atoms with E-state index in [1.807, 2.05) is 24.3 Å². The molecule has 1 aromatic carbocycles. The van der Waals surface area contributed by atoms with Crippen molar-refractivity contribution in [2.24, 2.45) is 5.92 Å². The van der Waals surface area contributed by atoms with Gasteiger partial charge in [0.15, 0.2) is 0 Å².